The lowest BCUT2D eigenvalue weighted by atomic mass is 9.96. The molecule has 0 unspecified atom stereocenters. The topological polar surface area (TPSA) is 76.0 Å². The van der Waals surface area contributed by atoms with Crippen LogP contribution in [0.25, 0.3) is 0 Å². The number of nitrogens with one attached hydrogen (secondary N) is 2. The van der Waals surface area contributed by atoms with Crippen LogP contribution in [0.4, 0.5) is 0 Å². The number of piperidine rings is 1. The van der Waals surface area contributed by atoms with E-state index in [9.17, 15) is 9.59 Å². The van der Waals surface area contributed by atoms with Gasteiger partial charge in [-0.2, -0.15) is 5.10 Å². The Bertz CT molecular complexity index is 624. The van der Waals surface area contributed by atoms with Crippen LogP contribution in [0, 0.1) is 0 Å². The first kappa shape index (κ1) is 14.8. The summed E-state index contributed by atoms with van der Waals surface area (Å²) >= 11 is 1.59. The van der Waals surface area contributed by atoms with E-state index in [1.165, 1.54) is 0 Å². The van der Waals surface area contributed by atoms with Gasteiger partial charge in [0.2, 0.25) is 11.8 Å². The van der Waals surface area contributed by atoms with Gasteiger partial charge in [0.05, 0.1) is 12.1 Å². The van der Waals surface area contributed by atoms with E-state index in [0.717, 1.165) is 4.88 Å². The number of hydrogen-bond donors (Lipinski definition) is 2. The molecule has 1 aliphatic heterocycles. The van der Waals surface area contributed by atoms with E-state index < -0.39 is 0 Å². The number of aromatic nitrogens is 2. The van der Waals surface area contributed by atoms with E-state index in [1.54, 1.807) is 22.2 Å². The van der Waals surface area contributed by atoms with Gasteiger partial charge in [-0.25, -0.2) is 0 Å². The first-order chi connectivity index (χ1) is 10.7. The van der Waals surface area contributed by atoms with Crippen molar-refractivity contribution in [3.8, 4) is 0 Å². The number of rotatable bonds is 5. The molecule has 0 bridgehead atoms. The van der Waals surface area contributed by atoms with Gasteiger partial charge in [0, 0.05) is 36.7 Å². The van der Waals surface area contributed by atoms with Gasteiger partial charge in [0.15, 0.2) is 0 Å². The van der Waals surface area contributed by atoms with Crippen LogP contribution < -0.4 is 10.6 Å². The van der Waals surface area contributed by atoms with Crippen LogP contribution in [0.3, 0.4) is 0 Å². The molecular weight excluding hydrogens is 300 g/mol. The van der Waals surface area contributed by atoms with Crippen molar-refractivity contribution < 1.29 is 9.59 Å². The monoisotopic (exact) mass is 318 g/mol. The van der Waals surface area contributed by atoms with Gasteiger partial charge in [0.25, 0.3) is 0 Å². The molecule has 7 heteroatoms. The first-order valence-corrected chi connectivity index (χ1v) is 8.20. The van der Waals surface area contributed by atoms with Crippen LogP contribution in [0.2, 0.25) is 0 Å². The zero-order chi connectivity index (χ0) is 15.4. The molecule has 1 saturated heterocycles. The molecule has 3 rings (SSSR count). The smallest absolute Gasteiger partial charge is 0.222 e. The summed E-state index contributed by atoms with van der Waals surface area (Å²) in [6.45, 7) is 0.557. The van der Waals surface area contributed by atoms with Crippen LogP contribution in [0.5, 0.6) is 0 Å². The van der Waals surface area contributed by atoms with Crippen LogP contribution in [-0.2, 0) is 16.1 Å². The van der Waals surface area contributed by atoms with Gasteiger partial charge in [0.1, 0.15) is 0 Å². The Morgan fingerprint density at radius 1 is 1.50 bits per heavy atom. The summed E-state index contributed by atoms with van der Waals surface area (Å²) in [6.07, 6.45) is 5.03. The number of nitrogens with zero attached hydrogens (tertiary/aromatic N) is 2. The van der Waals surface area contributed by atoms with Crippen molar-refractivity contribution in [3.05, 3.63) is 40.8 Å². The molecule has 2 amide bonds. The highest BCUT2D eigenvalue weighted by molar-refractivity contribution is 7.10. The number of hydrogen-bond acceptors (Lipinski definition) is 4. The quantitative estimate of drug-likeness (QED) is 0.876. The molecule has 0 radical (unpaired) electrons. The largest absolute Gasteiger partial charge is 0.351 e. The Morgan fingerprint density at radius 3 is 3.14 bits per heavy atom. The van der Waals surface area contributed by atoms with Crippen LogP contribution in [-0.4, -0.2) is 27.6 Å². The van der Waals surface area contributed by atoms with Gasteiger partial charge < -0.3 is 10.6 Å². The predicted molar refractivity (Wildman–Crippen MR) is 83.2 cm³/mol. The molecule has 1 fully saturated rings. The molecule has 0 aromatic carbocycles. The predicted octanol–water partition coefficient (Wildman–Crippen LogP) is 1.47. The minimum atomic E-state index is -0.130. The second kappa shape index (κ2) is 6.74. The molecule has 22 heavy (non-hydrogen) atoms. The number of thiophene rings is 1. The summed E-state index contributed by atoms with van der Waals surface area (Å²) in [5.74, 6) is 0.0265. The summed E-state index contributed by atoms with van der Waals surface area (Å²) in [7, 11) is 0. The van der Waals surface area contributed by atoms with E-state index in [1.807, 2.05) is 29.8 Å². The average Bonchev–Trinajstić information content (AvgIpc) is 3.20. The van der Waals surface area contributed by atoms with E-state index in [2.05, 4.69) is 15.7 Å². The Morgan fingerprint density at radius 2 is 2.41 bits per heavy atom. The van der Waals surface area contributed by atoms with Crippen molar-refractivity contribution in [1.82, 2.24) is 20.4 Å². The van der Waals surface area contributed by atoms with Gasteiger partial charge in [-0.05, 0) is 23.9 Å². The maximum atomic E-state index is 12.1. The molecule has 116 valence electrons. The minimum Gasteiger partial charge on any atom is -0.351 e. The van der Waals surface area contributed by atoms with E-state index in [4.69, 9.17) is 0 Å². The number of aryl methyl sites for hydroxylation is 1. The van der Waals surface area contributed by atoms with Crippen LogP contribution in [0.1, 0.15) is 30.2 Å². The zero-order valence-electron chi connectivity index (χ0n) is 12.1. The van der Waals surface area contributed by atoms with Gasteiger partial charge >= 0.3 is 0 Å². The number of carbonyl (C=O) groups excluding carboxylic acids is 2. The fraction of sp³-hybridized carbons (Fsp3) is 0.400. The highest BCUT2D eigenvalue weighted by Crippen LogP contribution is 2.27. The molecule has 0 aliphatic carbocycles. The summed E-state index contributed by atoms with van der Waals surface area (Å²) in [6, 6.07) is 5.60. The highest BCUT2D eigenvalue weighted by Gasteiger charge is 2.31. The Hall–Kier alpha value is -2.15. The van der Waals surface area contributed by atoms with Crippen molar-refractivity contribution in [1.29, 1.82) is 0 Å². The maximum Gasteiger partial charge on any atom is 0.222 e. The van der Waals surface area contributed by atoms with Gasteiger partial charge in [-0.1, -0.05) is 6.07 Å². The Kier molecular flexibility index (Phi) is 4.53. The molecular formula is C15H18N4O2S. The van der Waals surface area contributed by atoms with Gasteiger partial charge in [-0.3, -0.25) is 14.3 Å². The number of amides is 2. The van der Waals surface area contributed by atoms with Crippen molar-refractivity contribution >= 4 is 23.2 Å². The Balaban J connectivity index is 1.59. The molecule has 6 nitrogen and oxygen atoms in total. The lowest BCUT2D eigenvalue weighted by Gasteiger charge is -2.32. The summed E-state index contributed by atoms with van der Waals surface area (Å²) in [5.41, 5.74) is 0. The highest BCUT2D eigenvalue weighted by atomic mass is 32.1. The third-order valence-corrected chi connectivity index (χ3v) is 4.68. The lowest BCUT2D eigenvalue weighted by Crippen LogP contribution is -2.50. The first-order valence-electron chi connectivity index (χ1n) is 7.32. The van der Waals surface area contributed by atoms with E-state index >= 15 is 0 Å². The molecule has 1 aliphatic rings. The zero-order valence-corrected chi connectivity index (χ0v) is 12.9. The molecule has 0 saturated carbocycles. The maximum absolute atomic E-state index is 12.1. The second-order valence-electron chi connectivity index (χ2n) is 5.29. The molecule has 2 N–H and O–H groups in total. The summed E-state index contributed by atoms with van der Waals surface area (Å²) in [5, 5.41) is 12.1. The van der Waals surface area contributed by atoms with Gasteiger partial charge in [-0.15, -0.1) is 11.3 Å². The third-order valence-electron chi connectivity index (χ3n) is 3.72. The molecule has 2 atom stereocenters. The minimum absolute atomic E-state index is 0.0156. The Labute approximate surface area is 132 Å². The van der Waals surface area contributed by atoms with E-state index in [0.29, 0.717) is 25.8 Å². The summed E-state index contributed by atoms with van der Waals surface area (Å²) in [4.78, 5) is 24.9. The fourth-order valence-electron chi connectivity index (χ4n) is 2.62. The van der Waals surface area contributed by atoms with Crippen molar-refractivity contribution in [3.63, 3.8) is 0 Å². The molecule has 0 spiro atoms. The third kappa shape index (κ3) is 3.54. The molecule has 2 aromatic heterocycles. The molecule has 2 aromatic rings. The van der Waals surface area contributed by atoms with Crippen molar-refractivity contribution in [2.75, 3.05) is 0 Å². The lowest BCUT2D eigenvalue weighted by molar-refractivity contribution is -0.127. The van der Waals surface area contributed by atoms with Crippen LogP contribution >= 0.6 is 11.3 Å². The number of carbonyl (C=O) groups is 2. The fourth-order valence-corrected chi connectivity index (χ4v) is 3.46. The van der Waals surface area contributed by atoms with Crippen molar-refractivity contribution in [2.45, 2.75) is 37.9 Å². The normalized spacial score (nSPS) is 21.4. The second-order valence-corrected chi connectivity index (χ2v) is 6.27. The van der Waals surface area contributed by atoms with Crippen molar-refractivity contribution in [2.24, 2.45) is 0 Å². The van der Waals surface area contributed by atoms with Crippen LogP contribution in [0.15, 0.2) is 36.0 Å². The standard InChI is InChI=1S/C15H18N4O2S/c20-13-5-4-11(15(18-13)12-3-1-10-22-12)17-14(21)6-9-19-8-2-7-16-19/h1-3,7-8,10-11,15H,4-6,9H2,(H,17,21)(H,18,20)/t11-,15-/m1/s1. The average molecular weight is 318 g/mol. The SMILES string of the molecule is O=C(CCn1cccn1)N[C@@H]1CCC(=O)N[C@H]1c1cccs1. The van der Waals surface area contributed by atoms with E-state index in [-0.39, 0.29) is 23.9 Å². The summed E-state index contributed by atoms with van der Waals surface area (Å²) < 4.78 is 1.74. The molecule has 3 heterocycles.